The Morgan fingerprint density at radius 1 is 1.17 bits per heavy atom. The molecule has 6 heteroatoms. The molecule has 0 atom stereocenters. The van der Waals surface area contributed by atoms with E-state index in [4.69, 9.17) is 0 Å². The number of phenols is 1. The van der Waals surface area contributed by atoms with Crippen LogP contribution in [0.15, 0.2) is 45.3 Å². The minimum absolute atomic E-state index is 0.111. The highest BCUT2D eigenvalue weighted by Gasteiger charge is 2.11. The van der Waals surface area contributed by atoms with Crippen LogP contribution in [-0.4, -0.2) is 14.7 Å². The topological polar surface area (TPSA) is 75.1 Å². The van der Waals surface area contributed by atoms with Gasteiger partial charge in [0.2, 0.25) is 0 Å². The molecule has 18 heavy (non-hydrogen) atoms. The van der Waals surface area contributed by atoms with E-state index in [0.29, 0.717) is 5.00 Å². The number of thiophene rings is 1. The van der Waals surface area contributed by atoms with Crippen molar-refractivity contribution in [2.24, 2.45) is 0 Å². The summed E-state index contributed by atoms with van der Waals surface area (Å²) in [6, 6.07) is 8.01. The third kappa shape index (κ3) is 1.46. The minimum atomic E-state index is -0.559. The summed E-state index contributed by atoms with van der Waals surface area (Å²) in [6.45, 7) is 0. The van der Waals surface area contributed by atoms with E-state index in [1.807, 2.05) is 0 Å². The van der Waals surface area contributed by atoms with Crippen molar-refractivity contribution in [2.75, 3.05) is 0 Å². The maximum absolute atomic E-state index is 12.2. The number of aromatic hydroxyl groups is 1. The Morgan fingerprint density at radius 2 is 2.00 bits per heavy atom. The number of nitrogens with one attached hydrogen (secondary N) is 1. The molecule has 3 rings (SSSR count). The highest BCUT2D eigenvalue weighted by atomic mass is 32.1. The summed E-state index contributed by atoms with van der Waals surface area (Å²) >= 11 is 1.30. The van der Waals surface area contributed by atoms with E-state index >= 15 is 0 Å². The first kappa shape index (κ1) is 10.8. The molecule has 0 saturated heterocycles. The van der Waals surface area contributed by atoms with Gasteiger partial charge in [0.05, 0.1) is 10.9 Å². The van der Waals surface area contributed by atoms with Gasteiger partial charge in [-0.05, 0) is 29.6 Å². The second kappa shape index (κ2) is 3.85. The molecule has 2 aromatic heterocycles. The van der Waals surface area contributed by atoms with Crippen molar-refractivity contribution in [1.29, 1.82) is 0 Å². The first-order chi connectivity index (χ1) is 8.68. The Bertz CT molecular complexity index is 831. The summed E-state index contributed by atoms with van der Waals surface area (Å²) in [6.07, 6.45) is 0. The monoisotopic (exact) mass is 260 g/mol. The van der Waals surface area contributed by atoms with Crippen LogP contribution in [0.4, 0.5) is 0 Å². The maximum atomic E-state index is 12.2. The van der Waals surface area contributed by atoms with E-state index in [0.717, 1.165) is 4.57 Å². The van der Waals surface area contributed by atoms with Crippen molar-refractivity contribution in [1.82, 2.24) is 9.55 Å². The van der Waals surface area contributed by atoms with Crippen molar-refractivity contribution in [3.63, 3.8) is 0 Å². The Hall–Kier alpha value is -2.34. The average Bonchev–Trinajstić information content (AvgIpc) is 2.84. The third-order valence-electron chi connectivity index (χ3n) is 2.64. The Balaban J connectivity index is 2.50. The van der Waals surface area contributed by atoms with Gasteiger partial charge in [-0.1, -0.05) is 6.07 Å². The van der Waals surface area contributed by atoms with Gasteiger partial charge in [0.1, 0.15) is 10.8 Å². The van der Waals surface area contributed by atoms with Crippen LogP contribution in [0.25, 0.3) is 15.9 Å². The predicted molar refractivity (Wildman–Crippen MR) is 69.7 cm³/mol. The van der Waals surface area contributed by atoms with Gasteiger partial charge in [0.25, 0.3) is 5.56 Å². The molecule has 0 unspecified atom stereocenters. The lowest BCUT2D eigenvalue weighted by Gasteiger charge is -2.04. The molecule has 5 nitrogen and oxygen atoms in total. The van der Waals surface area contributed by atoms with Crippen LogP contribution < -0.4 is 11.2 Å². The molecule has 0 aliphatic carbocycles. The van der Waals surface area contributed by atoms with Gasteiger partial charge < -0.3 is 10.1 Å². The smallest absolute Gasteiger partial charge is 0.334 e. The van der Waals surface area contributed by atoms with Crippen LogP contribution in [0.5, 0.6) is 5.75 Å². The largest absolute Gasteiger partial charge is 0.506 e. The SMILES string of the molecule is O=c1[nH]c2c(O)cccc2c(=O)n1-c1cccs1. The van der Waals surface area contributed by atoms with E-state index in [2.05, 4.69) is 4.98 Å². The number of hydrogen-bond acceptors (Lipinski definition) is 4. The second-order valence-corrected chi connectivity index (χ2v) is 4.65. The first-order valence-electron chi connectivity index (χ1n) is 5.19. The lowest BCUT2D eigenvalue weighted by atomic mass is 10.2. The second-order valence-electron chi connectivity index (χ2n) is 3.72. The zero-order chi connectivity index (χ0) is 12.7. The molecule has 90 valence electrons. The zero-order valence-electron chi connectivity index (χ0n) is 9.08. The molecular weight excluding hydrogens is 252 g/mol. The van der Waals surface area contributed by atoms with Crippen LogP contribution in [0.3, 0.4) is 0 Å². The summed E-state index contributed by atoms with van der Waals surface area (Å²) in [4.78, 5) is 26.7. The van der Waals surface area contributed by atoms with Gasteiger partial charge >= 0.3 is 5.69 Å². The summed E-state index contributed by atoms with van der Waals surface area (Å²) < 4.78 is 1.06. The number of aromatic amines is 1. The maximum Gasteiger partial charge on any atom is 0.334 e. The fourth-order valence-electron chi connectivity index (χ4n) is 1.82. The summed E-state index contributed by atoms with van der Waals surface area (Å²) in [5.41, 5.74) is -0.830. The number of aromatic nitrogens is 2. The standard InChI is InChI=1S/C12H8N2O3S/c15-8-4-1-3-7-10(8)13-12(17)14(11(7)16)9-5-2-6-18-9/h1-6,15H,(H,13,17). The Morgan fingerprint density at radius 3 is 2.72 bits per heavy atom. The third-order valence-corrected chi connectivity index (χ3v) is 3.49. The zero-order valence-corrected chi connectivity index (χ0v) is 9.90. The van der Waals surface area contributed by atoms with E-state index < -0.39 is 11.2 Å². The van der Waals surface area contributed by atoms with Gasteiger partial charge in [-0.15, -0.1) is 11.3 Å². The van der Waals surface area contributed by atoms with Crippen molar-refractivity contribution < 1.29 is 5.11 Å². The first-order valence-corrected chi connectivity index (χ1v) is 6.07. The quantitative estimate of drug-likeness (QED) is 0.695. The summed E-state index contributed by atoms with van der Waals surface area (Å²) in [5.74, 6) is -0.111. The van der Waals surface area contributed by atoms with Crippen molar-refractivity contribution in [3.05, 3.63) is 56.5 Å². The molecule has 2 heterocycles. The molecule has 0 aliphatic heterocycles. The highest BCUT2D eigenvalue weighted by Crippen LogP contribution is 2.19. The van der Waals surface area contributed by atoms with E-state index in [1.54, 1.807) is 29.6 Å². The predicted octanol–water partition coefficient (Wildman–Crippen LogP) is 1.45. The number of rotatable bonds is 1. The lowest BCUT2D eigenvalue weighted by molar-refractivity contribution is 0.480. The van der Waals surface area contributed by atoms with Crippen LogP contribution >= 0.6 is 11.3 Å². The highest BCUT2D eigenvalue weighted by molar-refractivity contribution is 7.12. The van der Waals surface area contributed by atoms with Crippen LogP contribution in [0.2, 0.25) is 0 Å². The summed E-state index contributed by atoms with van der Waals surface area (Å²) in [7, 11) is 0. The molecule has 0 bridgehead atoms. The van der Waals surface area contributed by atoms with Crippen LogP contribution in [0.1, 0.15) is 0 Å². The number of nitrogens with zero attached hydrogens (tertiary/aromatic N) is 1. The van der Waals surface area contributed by atoms with Gasteiger partial charge in [-0.2, -0.15) is 0 Å². The van der Waals surface area contributed by atoms with Gasteiger partial charge in [-0.25, -0.2) is 9.36 Å². The van der Waals surface area contributed by atoms with Crippen molar-refractivity contribution in [2.45, 2.75) is 0 Å². The van der Waals surface area contributed by atoms with Crippen molar-refractivity contribution >= 4 is 22.2 Å². The number of para-hydroxylation sites is 1. The van der Waals surface area contributed by atoms with Gasteiger partial charge in [0.15, 0.2) is 0 Å². The Kier molecular flexibility index (Phi) is 2.31. The Labute approximate surface area is 105 Å². The molecule has 0 fully saturated rings. The number of benzene rings is 1. The molecule has 0 amide bonds. The van der Waals surface area contributed by atoms with Crippen LogP contribution in [0, 0.1) is 0 Å². The molecule has 0 saturated carbocycles. The van der Waals surface area contributed by atoms with E-state index in [-0.39, 0.29) is 16.7 Å². The van der Waals surface area contributed by atoms with Crippen molar-refractivity contribution in [3.8, 4) is 10.8 Å². The number of hydrogen-bond donors (Lipinski definition) is 2. The van der Waals surface area contributed by atoms with E-state index in [1.165, 1.54) is 17.4 Å². The molecule has 0 radical (unpaired) electrons. The fourth-order valence-corrected chi connectivity index (χ4v) is 2.55. The van der Waals surface area contributed by atoms with Gasteiger partial charge in [-0.3, -0.25) is 4.79 Å². The number of phenolic OH excluding ortho intramolecular Hbond substituents is 1. The van der Waals surface area contributed by atoms with Gasteiger partial charge in [0, 0.05) is 0 Å². The molecule has 0 aliphatic rings. The molecule has 3 aromatic rings. The van der Waals surface area contributed by atoms with Crippen LogP contribution in [-0.2, 0) is 0 Å². The number of fused-ring (bicyclic) bond motifs is 1. The molecular formula is C12H8N2O3S. The fraction of sp³-hybridized carbons (Fsp3) is 0. The molecule has 0 spiro atoms. The molecule has 2 N–H and O–H groups in total. The normalized spacial score (nSPS) is 10.9. The van der Waals surface area contributed by atoms with E-state index in [9.17, 15) is 14.7 Å². The molecule has 1 aromatic carbocycles. The lowest BCUT2D eigenvalue weighted by Crippen LogP contribution is -2.32. The minimum Gasteiger partial charge on any atom is -0.506 e. The number of H-pyrrole nitrogens is 1. The average molecular weight is 260 g/mol. The summed E-state index contributed by atoms with van der Waals surface area (Å²) in [5, 5.41) is 12.2.